The van der Waals surface area contributed by atoms with Gasteiger partial charge in [0.2, 0.25) is 5.91 Å². The van der Waals surface area contributed by atoms with Crippen LogP contribution < -0.4 is 15.5 Å². The lowest BCUT2D eigenvalue weighted by atomic mass is 9.82. The number of rotatable bonds is 2. The van der Waals surface area contributed by atoms with Crippen LogP contribution in [0.1, 0.15) is 42.9 Å². The molecule has 0 aromatic heterocycles. The predicted octanol–water partition coefficient (Wildman–Crippen LogP) is 3.86. The van der Waals surface area contributed by atoms with Gasteiger partial charge < -0.3 is 20.1 Å². The first-order valence-electron chi connectivity index (χ1n) is 10.7. The average molecular weight is 453 g/mol. The molecular weight excluding hydrogens is 424 g/mol. The number of aromatic hydroxyl groups is 1. The maximum Gasteiger partial charge on any atom is 0.219 e. The first-order chi connectivity index (χ1) is 15.3. The molecule has 2 aliphatic rings. The van der Waals surface area contributed by atoms with Gasteiger partial charge in [0.1, 0.15) is 17.1 Å². The average Bonchev–Trinajstić information content (AvgIpc) is 2.75. The summed E-state index contributed by atoms with van der Waals surface area (Å²) >= 11 is 5.49. The molecule has 2 aromatic carbocycles. The van der Waals surface area contributed by atoms with E-state index in [-0.39, 0.29) is 11.7 Å². The van der Waals surface area contributed by atoms with E-state index < -0.39 is 5.60 Å². The summed E-state index contributed by atoms with van der Waals surface area (Å²) in [6.45, 7) is 6.95. The highest BCUT2D eigenvalue weighted by molar-refractivity contribution is 7.80. The Kier molecular flexibility index (Phi) is 6.06. The van der Waals surface area contributed by atoms with Gasteiger partial charge in [0.05, 0.1) is 5.71 Å². The molecule has 1 amide bonds. The molecule has 8 heteroatoms. The van der Waals surface area contributed by atoms with Crippen LogP contribution in [-0.2, 0) is 4.79 Å². The predicted molar refractivity (Wildman–Crippen MR) is 129 cm³/mol. The summed E-state index contributed by atoms with van der Waals surface area (Å²) < 4.78 is 6.40. The molecule has 2 aliphatic heterocycles. The standard InChI is InChI=1S/C24H28N4O3S/c1-15-5-4-6-16(2)22(15)25-23(32)27-26-20-14-24(9-11-28(12-10-24)17(3)29)31-21-8-7-18(30)13-19(20)21/h4-8,13,30H,9-12,14H2,1-3H3,(H2,25,27,32)/b26-20+. The zero-order valence-electron chi connectivity index (χ0n) is 18.6. The molecule has 3 N–H and O–H groups in total. The topological polar surface area (TPSA) is 86.2 Å². The van der Waals surface area contributed by atoms with Crippen LogP contribution in [-0.4, -0.2) is 45.4 Å². The van der Waals surface area contributed by atoms with Crippen LogP contribution in [0.3, 0.4) is 0 Å². The third-order valence-electron chi connectivity index (χ3n) is 6.22. The molecule has 4 rings (SSSR count). The second-order valence-electron chi connectivity index (χ2n) is 8.54. The normalized spacial score (nSPS) is 18.1. The fraction of sp³-hybridized carbons (Fsp3) is 0.375. The Morgan fingerprint density at radius 3 is 2.53 bits per heavy atom. The molecule has 0 unspecified atom stereocenters. The molecule has 0 atom stereocenters. The number of para-hydroxylation sites is 1. The van der Waals surface area contributed by atoms with Gasteiger partial charge in [0, 0.05) is 50.5 Å². The van der Waals surface area contributed by atoms with Crippen molar-refractivity contribution in [1.82, 2.24) is 10.3 Å². The Hall–Kier alpha value is -3.13. The number of hydrogen-bond donors (Lipinski definition) is 3. The molecule has 0 radical (unpaired) electrons. The zero-order valence-corrected chi connectivity index (χ0v) is 19.4. The van der Waals surface area contributed by atoms with Crippen LogP contribution in [0.5, 0.6) is 11.5 Å². The quantitative estimate of drug-likeness (QED) is 0.474. The number of thiocarbonyl (C=S) groups is 1. The van der Waals surface area contributed by atoms with Gasteiger partial charge in [-0.15, -0.1) is 0 Å². The maximum atomic E-state index is 11.7. The van der Waals surface area contributed by atoms with Crippen LogP contribution in [0.15, 0.2) is 41.5 Å². The Morgan fingerprint density at radius 2 is 1.88 bits per heavy atom. The molecule has 7 nitrogen and oxygen atoms in total. The number of aryl methyl sites for hydroxylation is 2. The molecule has 2 heterocycles. The third kappa shape index (κ3) is 4.55. The van der Waals surface area contributed by atoms with Crippen molar-refractivity contribution in [3.05, 3.63) is 53.1 Å². The fourth-order valence-electron chi connectivity index (χ4n) is 4.38. The maximum absolute atomic E-state index is 11.7. The summed E-state index contributed by atoms with van der Waals surface area (Å²) in [7, 11) is 0. The van der Waals surface area contributed by atoms with Gasteiger partial charge in [0.25, 0.3) is 0 Å². The monoisotopic (exact) mass is 452 g/mol. The molecule has 0 saturated carbocycles. The van der Waals surface area contributed by atoms with Gasteiger partial charge in [-0.1, -0.05) is 18.2 Å². The van der Waals surface area contributed by atoms with Crippen molar-refractivity contribution in [2.75, 3.05) is 18.4 Å². The Morgan fingerprint density at radius 1 is 1.19 bits per heavy atom. The van der Waals surface area contributed by atoms with E-state index in [1.165, 1.54) is 0 Å². The van der Waals surface area contributed by atoms with Crippen LogP contribution in [0.25, 0.3) is 0 Å². The van der Waals surface area contributed by atoms with E-state index in [0.29, 0.717) is 30.4 Å². The number of anilines is 1. The minimum Gasteiger partial charge on any atom is -0.508 e. The van der Waals surface area contributed by atoms with Crippen LogP contribution in [0.4, 0.5) is 5.69 Å². The summed E-state index contributed by atoms with van der Waals surface area (Å²) in [6.07, 6.45) is 2.00. The number of amides is 1. The number of piperidine rings is 1. The molecule has 1 spiro atoms. The molecule has 0 bridgehead atoms. The highest BCUT2D eigenvalue weighted by atomic mass is 32.1. The van der Waals surface area contributed by atoms with Crippen molar-refractivity contribution in [3.8, 4) is 11.5 Å². The molecule has 1 fully saturated rings. The van der Waals surface area contributed by atoms with E-state index in [9.17, 15) is 9.90 Å². The van der Waals surface area contributed by atoms with E-state index in [1.54, 1.807) is 25.1 Å². The highest BCUT2D eigenvalue weighted by Crippen LogP contribution is 2.40. The molecule has 168 valence electrons. The van der Waals surface area contributed by atoms with Gasteiger partial charge in [0.15, 0.2) is 5.11 Å². The number of phenolic OH excluding ortho intramolecular Hbond substituents is 1. The number of ether oxygens (including phenoxy) is 1. The molecule has 0 aliphatic carbocycles. The van der Waals surface area contributed by atoms with Crippen molar-refractivity contribution in [2.24, 2.45) is 5.10 Å². The summed E-state index contributed by atoms with van der Waals surface area (Å²) in [6, 6.07) is 11.1. The fourth-order valence-corrected chi connectivity index (χ4v) is 4.53. The molecular formula is C24H28N4O3S. The number of hydrogen-bond acceptors (Lipinski definition) is 5. The smallest absolute Gasteiger partial charge is 0.219 e. The Labute approximate surface area is 193 Å². The summed E-state index contributed by atoms with van der Waals surface area (Å²) in [4.78, 5) is 13.6. The van der Waals surface area contributed by atoms with Crippen molar-refractivity contribution >= 4 is 34.6 Å². The SMILES string of the molecule is CC(=O)N1CCC2(CC1)C/C(=N\NC(=S)Nc1c(C)cccc1C)c1cc(O)ccc1O2. The van der Waals surface area contributed by atoms with Crippen molar-refractivity contribution < 1.29 is 14.6 Å². The number of fused-ring (bicyclic) bond motifs is 1. The Balaban J connectivity index is 1.56. The number of carbonyl (C=O) groups excluding carboxylic acids is 1. The van der Waals surface area contributed by atoms with E-state index >= 15 is 0 Å². The largest absolute Gasteiger partial charge is 0.508 e. The van der Waals surface area contributed by atoms with Crippen LogP contribution >= 0.6 is 12.2 Å². The number of benzene rings is 2. The first kappa shape index (κ1) is 22.1. The van der Waals surface area contributed by atoms with Gasteiger partial charge in [-0.25, -0.2) is 0 Å². The van der Waals surface area contributed by atoms with Crippen molar-refractivity contribution in [2.45, 2.75) is 45.6 Å². The molecule has 2 aromatic rings. The van der Waals surface area contributed by atoms with E-state index in [1.807, 2.05) is 36.9 Å². The van der Waals surface area contributed by atoms with Crippen molar-refractivity contribution in [1.29, 1.82) is 0 Å². The zero-order chi connectivity index (χ0) is 22.9. The minimum atomic E-state index is -0.432. The number of carbonyl (C=O) groups is 1. The van der Waals surface area contributed by atoms with Crippen LogP contribution in [0.2, 0.25) is 0 Å². The third-order valence-corrected chi connectivity index (χ3v) is 6.42. The van der Waals surface area contributed by atoms with Gasteiger partial charge in [-0.05, 0) is 55.4 Å². The summed E-state index contributed by atoms with van der Waals surface area (Å²) in [5, 5.41) is 18.3. The van der Waals surface area contributed by atoms with E-state index in [0.717, 1.165) is 40.9 Å². The number of hydrazone groups is 1. The number of likely N-dealkylation sites (tertiary alicyclic amines) is 1. The lowest BCUT2D eigenvalue weighted by Gasteiger charge is -2.44. The van der Waals surface area contributed by atoms with E-state index in [2.05, 4.69) is 15.8 Å². The first-order valence-corrected chi connectivity index (χ1v) is 11.1. The van der Waals surface area contributed by atoms with Crippen LogP contribution in [0, 0.1) is 13.8 Å². The lowest BCUT2D eigenvalue weighted by Crippen LogP contribution is -2.52. The molecule has 32 heavy (non-hydrogen) atoms. The number of nitrogens with zero attached hydrogens (tertiary/aromatic N) is 2. The van der Waals surface area contributed by atoms with E-state index in [4.69, 9.17) is 17.0 Å². The van der Waals surface area contributed by atoms with Crippen molar-refractivity contribution in [3.63, 3.8) is 0 Å². The summed E-state index contributed by atoms with van der Waals surface area (Å²) in [5.41, 5.74) is 7.20. The molecule has 1 saturated heterocycles. The number of phenols is 1. The second-order valence-corrected chi connectivity index (χ2v) is 8.95. The van der Waals surface area contributed by atoms with Gasteiger partial charge in [-0.2, -0.15) is 5.10 Å². The highest BCUT2D eigenvalue weighted by Gasteiger charge is 2.42. The lowest BCUT2D eigenvalue weighted by molar-refractivity contribution is -0.132. The van der Waals surface area contributed by atoms with Gasteiger partial charge in [-0.3, -0.25) is 10.2 Å². The second kappa shape index (κ2) is 8.78. The summed E-state index contributed by atoms with van der Waals surface area (Å²) in [5.74, 6) is 0.914. The number of nitrogens with one attached hydrogen (secondary N) is 2. The van der Waals surface area contributed by atoms with Gasteiger partial charge >= 0.3 is 0 Å². The minimum absolute atomic E-state index is 0.0828. The Bertz CT molecular complexity index is 1070.